The quantitative estimate of drug-likeness (QED) is 0.687. The lowest BCUT2D eigenvalue weighted by molar-refractivity contribution is 0.0953. The first-order chi connectivity index (χ1) is 13.1. The van der Waals surface area contributed by atoms with E-state index in [0.29, 0.717) is 28.6 Å². The molecule has 1 unspecified atom stereocenters. The topological polar surface area (TPSA) is 56.1 Å². The highest BCUT2D eigenvalue weighted by Crippen LogP contribution is 2.35. The minimum Gasteiger partial charge on any atom is -0.495 e. The van der Waals surface area contributed by atoms with Crippen molar-refractivity contribution in [2.45, 2.75) is 19.8 Å². The number of aromatic nitrogens is 2. The summed E-state index contributed by atoms with van der Waals surface area (Å²) in [6.45, 7) is 2.09. The van der Waals surface area contributed by atoms with Crippen LogP contribution in [0.25, 0.3) is 5.69 Å². The Labute approximate surface area is 162 Å². The predicted octanol–water partition coefficient (Wildman–Crippen LogP) is 5.04. The number of hydrogen-bond acceptors (Lipinski definition) is 4. The van der Waals surface area contributed by atoms with E-state index >= 15 is 0 Å². The minimum atomic E-state index is 0.112. The molecule has 1 N–H and O–H groups in total. The molecule has 6 heteroatoms. The normalized spacial score (nSPS) is 16.1. The fraction of sp³-hybridized carbons (Fsp3) is 0.238. The van der Waals surface area contributed by atoms with Crippen LogP contribution < -0.4 is 10.1 Å². The van der Waals surface area contributed by atoms with Crippen LogP contribution >= 0.6 is 11.6 Å². The zero-order valence-corrected chi connectivity index (χ0v) is 16.0. The molecular formula is C21H20ClN3O2. The van der Waals surface area contributed by atoms with E-state index in [9.17, 15) is 4.79 Å². The Bertz CT molecular complexity index is 995. The van der Waals surface area contributed by atoms with Crippen molar-refractivity contribution in [1.82, 2.24) is 9.78 Å². The standard InChI is InChI=1S/C21H20ClN3O2/c1-13-11-17-20(18(26)12-13)21(23-16-5-3-4-6-19(16)27-2)24-25(17)15-9-7-14(22)8-10-15/h3-10,13H,11-12H2,1-2H3,(H,23,24). The number of carbonyl (C=O) groups is 1. The maximum atomic E-state index is 12.8. The number of halogens is 1. The Morgan fingerprint density at radius 2 is 1.89 bits per heavy atom. The number of ether oxygens (including phenoxy) is 1. The van der Waals surface area contributed by atoms with Crippen LogP contribution in [0.5, 0.6) is 5.75 Å². The van der Waals surface area contributed by atoms with Gasteiger partial charge < -0.3 is 10.1 Å². The Balaban J connectivity index is 1.84. The molecule has 1 aliphatic rings. The van der Waals surface area contributed by atoms with Gasteiger partial charge in [-0.25, -0.2) is 4.68 Å². The highest BCUT2D eigenvalue weighted by molar-refractivity contribution is 6.30. The third kappa shape index (κ3) is 3.30. The molecule has 0 bridgehead atoms. The molecule has 0 aliphatic heterocycles. The second kappa shape index (κ2) is 7.08. The van der Waals surface area contributed by atoms with E-state index in [1.165, 1.54) is 0 Å². The van der Waals surface area contributed by atoms with Gasteiger partial charge in [-0.2, -0.15) is 0 Å². The van der Waals surface area contributed by atoms with Gasteiger partial charge in [0.1, 0.15) is 5.75 Å². The summed E-state index contributed by atoms with van der Waals surface area (Å²) in [4.78, 5) is 12.8. The Morgan fingerprint density at radius 1 is 1.15 bits per heavy atom. The number of nitrogens with zero attached hydrogens (tertiary/aromatic N) is 2. The second-order valence-electron chi connectivity index (χ2n) is 6.82. The van der Waals surface area contributed by atoms with Gasteiger partial charge in [-0.05, 0) is 48.7 Å². The van der Waals surface area contributed by atoms with Gasteiger partial charge in [0.2, 0.25) is 0 Å². The highest BCUT2D eigenvalue weighted by Gasteiger charge is 2.31. The number of anilines is 2. The van der Waals surface area contributed by atoms with E-state index in [1.807, 2.05) is 53.2 Å². The van der Waals surface area contributed by atoms with Crippen molar-refractivity contribution in [2.75, 3.05) is 12.4 Å². The molecule has 1 atom stereocenters. The number of fused-ring (bicyclic) bond motifs is 1. The van der Waals surface area contributed by atoms with Crippen LogP contribution in [0.3, 0.4) is 0 Å². The first kappa shape index (κ1) is 17.6. The SMILES string of the molecule is COc1ccccc1Nc1nn(-c2ccc(Cl)cc2)c2c1C(=O)CC(C)C2. The predicted molar refractivity (Wildman–Crippen MR) is 107 cm³/mol. The van der Waals surface area contributed by atoms with Crippen molar-refractivity contribution in [3.05, 3.63) is 64.8 Å². The molecule has 0 spiro atoms. The van der Waals surface area contributed by atoms with Crippen molar-refractivity contribution in [3.8, 4) is 11.4 Å². The van der Waals surface area contributed by atoms with Crippen LogP contribution in [0.15, 0.2) is 48.5 Å². The van der Waals surface area contributed by atoms with Crippen LogP contribution in [0.1, 0.15) is 29.4 Å². The molecule has 4 rings (SSSR count). The number of Topliss-reactive ketones (excluding diaryl/α,β-unsaturated/α-hetero) is 1. The number of carbonyl (C=O) groups excluding carboxylic acids is 1. The minimum absolute atomic E-state index is 0.112. The Hall–Kier alpha value is -2.79. The van der Waals surface area contributed by atoms with Crippen LogP contribution in [0.2, 0.25) is 5.02 Å². The summed E-state index contributed by atoms with van der Waals surface area (Å²) in [7, 11) is 1.62. The molecular weight excluding hydrogens is 362 g/mol. The fourth-order valence-corrected chi connectivity index (χ4v) is 3.64. The number of ketones is 1. The van der Waals surface area contributed by atoms with Gasteiger partial charge in [0.25, 0.3) is 0 Å². The zero-order valence-electron chi connectivity index (χ0n) is 15.2. The number of benzene rings is 2. The maximum Gasteiger partial charge on any atom is 0.168 e. The average molecular weight is 382 g/mol. The molecule has 1 aromatic heterocycles. The fourth-order valence-electron chi connectivity index (χ4n) is 3.51. The van der Waals surface area contributed by atoms with E-state index in [0.717, 1.165) is 23.5 Å². The molecule has 0 fully saturated rings. The average Bonchev–Trinajstić information content (AvgIpc) is 3.01. The van der Waals surface area contributed by atoms with E-state index in [1.54, 1.807) is 7.11 Å². The molecule has 27 heavy (non-hydrogen) atoms. The first-order valence-corrected chi connectivity index (χ1v) is 9.25. The van der Waals surface area contributed by atoms with Gasteiger partial charge in [0.15, 0.2) is 11.6 Å². The lowest BCUT2D eigenvalue weighted by atomic mass is 9.87. The third-order valence-electron chi connectivity index (χ3n) is 4.77. The van der Waals surface area contributed by atoms with Gasteiger partial charge in [0, 0.05) is 11.4 Å². The smallest absolute Gasteiger partial charge is 0.168 e. The highest BCUT2D eigenvalue weighted by atomic mass is 35.5. The summed E-state index contributed by atoms with van der Waals surface area (Å²) in [5, 5.41) is 8.69. The van der Waals surface area contributed by atoms with Crippen LogP contribution in [-0.2, 0) is 6.42 Å². The van der Waals surface area contributed by atoms with Gasteiger partial charge in [-0.15, -0.1) is 5.10 Å². The van der Waals surface area contributed by atoms with Crippen molar-refractivity contribution in [1.29, 1.82) is 0 Å². The summed E-state index contributed by atoms with van der Waals surface area (Å²) < 4.78 is 7.26. The van der Waals surface area contributed by atoms with Crippen molar-refractivity contribution < 1.29 is 9.53 Å². The number of para-hydroxylation sites is 2. The molecule has 0 saturated heterocycles. The zero-order chi connectivity index (χ0) is 19.0. The molecule has 2 aromatic carbocycles. The Kier molecular flexibility index (Phi) is 4.62. The first-order valence-electron chi connectivity index (χ1n) is 8.88. The van der Waals surface area contributed by atoms with Gasteiger partial charge in [-0.1, -0.05) is 30.7 Å². The van der Waals surface area contributed by atoms with Crippen LogP contribution in [0, 0.1) is 5.92 Å². The lowest BCUT2D eigenvalue weighted by Crippen LogP contribution is -2.19. The monoisotopic (exact) mass is 381 g/mol. The number of hydrogen-bond donors (Lipinski definition) is 1. The van der Waals surface area contributed by atoms with E-state index in [2.05, 4.69) is 12.2 Å². The van der Waals surface area contributed by atoms with Gasteiger partial charge in [-0.3, -0.25) is 4.79 Å². The van der Waals surface area contributed by atoms with Crippen LogP contribution in [0.4, 0.5) is 11.5 Å². The van der Waals surface area contributed by atoms with E-state index in [-0.39, 0.29) is 11.7 Å². The Morgan fingerprint density at radius 3 is 2.63 bits per heavy atom. The van der Waals surface area contributed by atoms with Crippen molar-refractivity contribution in [2.24, 2.45) is 5.92 Å². The van der Waals surface area contributed by atoms with Crippen molar-refractivity contribution >= 4 is 28.9 Å². The summed E-state index contributed by atoms with van der Waals surface area (Å²) in [5.41, 5.74) is 3.24. The molecule has 5 nitrogen and oxygen atoms in total. The molecule has 138 valence electrons. The number of methoxy groups -OCH3 is 1. The molecule has 0 saturated carbocycles. The van der Waals surface area contributed by atoms with Crippen molar-refractivity contribution in [3.63, 3.8) is 0 Å². The largest absolute Gasteiger partial charge is 0.495 e. The second-order valence-corrected chi connectivity index (χ2v) is 7.26. The molecule has 3 aromatic rings. The summed E-state index contributed by atoms with van der Waals surface area (Å²) in [6.07, 6.45) is 1.32. The van der Waals surface area contributed by atoms with Gasteiger partial charge >= 0.3 is 0 Å². The molecule has 1 heterocycles. The van der Waals surface area contributed by atoms with Crippen LogP contribution in [-0.4, -0.2) is 22.7 Å². The van der Waals surface area contributed by atoms with Gasteiger partial charge in [0.05, 0.1) is 29.7 Å². The summed E-state index contributed by atoms with van der Waals surface area (Å²) >= 11 is 6.02. The molecule has 1 aliphatic carbocycles. The third-order valence-corrected chi connectivity index (χ3v) is 5.02. The maximum absolute atomic E-state index is 12.8. The molecule has 0 amide bonds. The lowest BCUT2D eigenvalue weighted by Gasteiger charge is -2.19. The number of rotatable bonds is 4. The number of nitrogens with one attached hydrogen (secondary N) is 1. The van der Waals surface area contributed by atoms with E-state index < -0.39 is 0 Å². The summed E-state index contributed by atoms with van der Waals surface area (Å²) in [5.74, 6) is 1.65. The summed E-state index contributed by atoms with van der Waals surface area (Å²) in [6, 6.07) is 15.1. The van der Waals surface area contributed by atoms with E-state index in [4.69, 9.17) is 21.4 Å². The molecule has 0 radical (unpaired) electrons.